The summed E-state index contributed by atoms with van der Waals surface area (Å²) in [5, 5.41) is 15.0. The van der Waals surface area contributed by atoms with E-state index in [1.54, 1.807) is 0 Å². The standard InChI is InChI=1S/C19H17N5O2/c1-13(15-10-6-3-7-11-15)24-19(25)17-16(21-23-24)18(22-20-17)26-12-14-8-4-2-5-9-14/h2-11,13H,12H2,1H3,(H,20,22). The predicted octanol–water partition coefficient (Wildman–Crippen LogP) is 2.70. The molecule has 2 aromatic carbocycles. The Morgan fingerprint density at radius 2 is 1.77 bits per heavy atom. The van der Waals surface area contributed by atoms with Crippen molar-refractivity contribution in [1.29, 1.82) is 0 Å². The second-order valence-corrected chi connectivity index (χ2v) is 5.95. The van der Waals surface area contributed by atoms with E-state index in [4.69, 9.17) is 4.74 Å². The lowest BCUT2D eigenvalue weighted by atomic mass is 10.1. The van der Waals surface area contributed by atoms with Gasteiger partial charge in [0.15, 0.2) is 11.0 Å². The van der Waals surface area contributed by atoms with Crippen molar-refractivity contribution in [3.63, 3.8) is 0 Å². The number of fused-ring (bicyclic) bond motifs is 1. The Labute approximate surface area is 149 Å². The second-order valence-electron chi connectivity index (χ2n) is 5.95. The van der Waals surface area contributed by atoms with Crippen LogP contribution in [0.1, 0.15) is 24.1 Å². The smallest absolute Gasteiger partial charge is 0.296 e. The summed E-state index contributed by atoms with van der Waals surface area (Å²) in [5.41, 5.74) is 2.31. The van der Waals surface area contributed by atoms with Crippen molar-refractivity contribution in [3.05, 3.63) is 82.1 Å². The van der Waals surface area contributed by atoms with Crippen molar-refractivity contribution in [1.82, 2.24) is 25.2 Å². The van der Waals surface area contributed by atoms with Crippen molar-refractivity contribution in [2.75, 3.05) is 0 Å². The van der Waals surface area contributed by atoms with Crippen LogP contribution >= 0.6 is 0 Å². The van der Waals surface area contributed by atoms with Gasteiger partial charge >= 0.3 is 0 Å². The van der Waals surface area contributed by atoms with Crippen LogP contribution in [0.5, 0.6) is 5.88 Å². The fourth-order valence-electron chi connectivity index (χ4n) is 2.76. The Balaban J connectivity index is 1.64. The monoisotopic (exact) mass is 347 g/mol. The number of nitrogens with one attached hydrogen (secondary N) is 1. The number of aromatic nitrogens is 5. The highest BCUT2D eigenvalue weighted by atomic mass is 16.5. The molecule has 26 heavy (non-hydrogen) atoms. The van der Waals surface area contributed by atoms with Gasteiger partial charge in [-0.1, -0.05) is 65.9 Å². The highest BCUT2D eigenvalue weighted by molar-refractivity contribution is 5.77. The van der Waals surface area contributed by atoms with Crippen LogP contribution in [0, 0.1) is 0 Å². The fourth-order valence-corrected chi connectivity index (χ4v) is 2.76. The van der Waals surface area contributed by atoms with E-state index >= 15 is 0 Å². The maximum Gasteiger partial charge on any atom is 0.296 e. The molecule has 0 radical (unpaired) electrons. The normalized spacial score (nSPS) is 12.2. The summed E-state index contributed by atoms with van der Waals surface area (Å²) in [6.45, 7) is 2.24. The van der Waals surface area contributed by atoms with Gasteiger partial charge in [-0.05, 0) is 18.1 Å². The van der Waals surface area contributed by atoms with E-state index in [1.807, 2.05) is 67.6 Å². The van der Waals surface area contributed by atoms with Crippen LogP contribution in [0.4, 0.5) is 0 Å². The van der Waals surface area contributed by atoms with Crippen LogP contribution in [0.25, 0.3) is 11.0 Å². The molecule has 7 nitrogen and oxygen atoms in total. The van der Waals surface area contributed by atoms with E-state index in [2.05, 4.69) is 20.5 Å². The van der Waals surface area contributed by atoms with Gasteiger partial charge in [0.05, 0.1) is 6.04 Å². The number of rotatable bonds is 5. The minimum Gasteiger partial charge on any atom is -0.470 e. The zero-order valence-electron chi connectivity index (χ0n) is 14.2. The summed E-state index contributed by atoms with van der Waals surface area (Å²) < 4.78 is 7.04. The van der Waals surface area contributed by atoms with E-state index in [1.165, 1.54) is 4.68 Å². The van der Waals surface area contributed by atoms with Gasteiger partial charge in [-0.25, -0.2) is 4.68 Å². The Bertz CT molecular complexity index is 1070. The molecule has 0 aliphatic rings. The molecule has 7 heteroatoms. The molecule has 0 fully saturated rings. The van der Waals surface area contributed by atoms with E-state index in [9.17, 15) is 4.79 Å². The third kappa shape index (κ3) is 2.95. The number of nitrogens with zero attached hydrogens (tertiary/aromatic N) is 4. The molecule has 0 spiro atoms. The van der Waals surface area contributed by atoms with Crippen LogP contribution in [-0.4, -0.2) is 25.2 Å². The average Bonchev–Trinajstić information content (AvgIpc) is 3.12. The van der Waals surface area contributed by atoms with Gasteiger partial charge < -0.3 is 4.74 Å². The molecule has 2 aromatic heterocycles. The van der Waals surface area contributed by atoms with Gasteiger partial charge in [-0.15, -0.1) is 10.2 Å². The molecule has 1 unspecified atom stereocenters. The molecule has 0 saturated heterocycles. The summed E-state index contributed by atoms with van der Waals surface area (Å²) in [4.78, 5) is 12.8. The quantitative estimate of drug-likeness (QED) is 0.600. The Morgan fingerprint density at radius 1 is 1.08 bits per heavy atom. The maximum atomic E-state index is 12.8. The van der Waals surface area contributed by atoms with Gasteiger partial charge in [0.25, 0.3) is 11.4 Å². The van der Waals surface area contributed by atoms with Gasteiger partial charge in [0.2, 0.25) is 0 Å². The van der Waals surface area contributed by atoms with Crippen LogP contribution in [-0.2, 0) is 6.61 Å². The molecule has 1 atom stereocenters. The van der Waals surface area contributed by atoms with Crippen molar-refractivity contribution in [3.8, 4) is 5.88 Å². The number of hydrogen-bond donors (Lipinski definition) is 1. The van der Waals surface area contributed by atoms with Gasteiger partial charge in [0, 0.05) is 0 Å². The number of benzene rings is 2. The number of H-pyrrole nitrogens is 1. The summed E-state index contributed by atoms with van der Waals surface area (Å²) in [5.74, 6) is 0.271. The Hall–Kier alpha value is -3.48. The molecule has 0 aliphatic carbocycles. The summed E-state index contributed by atoms with van der Waals surface area (Å²) in [7, 11) is 0. The first-order valence-corrected chi connectivity index (χ1v) is 8.29. The lowest BCUT2D eigenvalue weighted by molar-refractivity contribution is 0.296. The predicted molar refractivity (Wildman–Crippen MR) is 97.0 cm³/mol. The fraction of sp³-hybridized carbons (Fsp3) is 0.158. The van der Waals surface area contributed by atoms with Crippen molar-refractivity contribution < 1.29 is 4.74 Å². The largest absolute Gasteiger partial charge is 0.470 e. The lowest BCUT2D eigenvalue weighted by Gasteiger charge is -2.12. The maximum absolute atomic E-state index is 12.8. The molecule has 4 aromatic rings. The van der Waals surface area contributed by atoms with Crippen molar-refractivity contribution in [2.45, 2.75) is 19.6 Å². The molecule has 2 heterocycles. The molecule has 0 aliphatic heterocycles. The van der Waals surface area contributed by atoms with Crippen molar-refractivity contribution in [2.24, 2.45) is 0 Å². The minimum atomic E-state index is -0.284. The zero-order chi connectivity index (χ0) is 17.9. The Morgan fingerprint density at radius 3 is 2.50 bits per heavy atom. The first-order valence-electron chi connectivity index (χ1n) is 8.29. The summed E-state index contributed by atoms with van der Waals surface area (Å²) in [6, 6.07) is 19.2. The first kappa shape index (κ1) is 16.0. The SMILES string of the molecule is CC(c1ccccc1)n1nnc2c(OCc3ccccc3)n[nH]c2c1=O. The highest BCUT2D eigenvalue weighted by Gasteiger charge is 2.18. The summed E-state index contributed by atoms with van der Waals surface area (Å²) >= 11 is 0. The number of ether oxygens (including phenoxy) is 1. The molecule has 4 rings (SSSR count). The highest BCUT2D eigenvalue weighted by Crippen LogP contribution is 2.20. The molecular formula is C19H17N5O2. The molecular weight excluding hydrogens is 330 g/mol. The topological polar surface area (TPSA) is 85.7 Å². The summed E-state index contributed by atoms with van der Waals surface area (Å²) in [6.07, 6.45) is 0. The van der Waals surface area contributed by atoms with E-state index in [0.717, 1.165) is 11.1 Å². The second kappa shape index (κ2) is 6.79. The van der Waals surface area contributed by atoms with Crippen LogP contribution in [0.15, 0.2) is 65.5 Å². The molecule has 0 saturated carbocycles. The average molecular weight is 347 g/mol. The van der Waals surface area contributed by atoms with Crippen LogP contribution in [0.3, 0.4) is 0 Å². The number of hydrogen-bond acceptors (Lipinski definition) is 5. The van der Waals surface area contributed by atoms with Gasteiger partial charge in [-0.3, -0.25) is 9.89 Å². The third-order valence-electron chi connectivity index (χ3n) is 4.24. The van der Waals surface area contributed by atoms with Crippen LogP contribution < -0.4 is 10.3 Å². The zero-order valence-corrected chi connectivity index (χ0v) is 14.2. The first-order chi connectivity index (χ1) is 12.7. The molecule has 130 valence electrons. The molecule has 1 N–H and O–H groups in total. The molecule has 0 amide bonds. The number of aromatic amines is 1. The lowest BCUT2D eigenvalue weighted by Crippen LogP contribution is -2.27. The third-order valence-corrected chi connectivity index (χ3v) is 4.24. The van der Waals surface area contributed by atoms with E-state index in [-0.39, 0.29) is 23.0 Å². The van der Waals surface area contributed by atoms with E-state index in [0.29, 0.717) is 12.1 Å². The Kier molecular flexibility index (Phi) is 4.18. The molecule has 0 bridgehead atoms. The minimum absolute atomic E-state index is 0.238. The van der Waals surface area contributed by atoms with Gasteiger partial charge in [-0.2, -0.15) is 0 Å². The van der Waals surface area contributed by atoms with Gasteiger partial charge in [0.1, 0.15) is 6.61 Å². The van der Waals surface area contributed by atoms with E-state index < -0.39 is 0 Å². The van der Waals surface area contributed by atoms with Crippen LogP contribution in [0.2, 0.25) is 0 Å². The van der Waals surface area contributed by atoms with Crippen molar-refractivity contribution >= 4 is 11.0 Å².